The molecule has 0 radical (unpaired) electrons. The molecule has 1 aromatic heterocycles. The molecule has 2 aliphatic rings. The SMILES string of the molecule is O=C(NCC1CCCOC1)C1Cc2nc[nH]c2CN1. The number of nitrogens with zero attached hydrogens (tertiary/aromatic N) is 1. The Morgan fingerprint density at radius 1 is 1.58 bits per heavy atom. The number of H-pyrrole nitrogens is 1. The monoisotopic (exact) mass is 264 g/mol. The standard InChI is InChI=1S/C13H20N4O2/c18-13(15-5-9-2-1-3-19-7-9)11-4-10-12(6-14-11)17-8-16-10/h8-9,11,14H,1-7H2,(H,15,18)(H,16,17). The lowest BCUT2D eigenvalue weighted by Crippen LogP contribution is -2.49. The number of nitrogens with one attached hydrogen (secondary N) is 3. The molecule has 104 valence electrons. The van der Waals surface area contributed by atoms with E-state index in [-0.39, 0.29) is 11.9 Å². The first-order valence-corrected chi connectivity index (χ1v) is 6.93. The van der Waals surface area contributed by atoms with Gasteiger partial charge in [-0.1, -0.05) is 0 Å². The van der Waals surface area contributed by atoms with Gasteiger partial charge in [-0.3, -0.25) is 10.1 Å². The Bertz CT molecular complexity index is 440. The van der Waals surface area contributed by atoms with Crippen molar-refractivity contribution in [3.05, 3.63) is 17.7 Å². The Balaban J connectivity index is 1.48. The maximum atomic E-state index is 12.1. The number of carbonyl (C=O) groups is 1. The van der Waals surface area contributed by atoms with E-state index < -0.39 is 0 Å². The number of aromatic amines is 1. The van der Waals surface area contributed by atoms with Gasteiger partial charge in [-0.05, 0) is 18.8 Å². The second-order valence-electron chi connectivity index (χ2n) is 5.29. The lowest BCUT2D eigenvalue weighted by atomic mass is 10.0. The number of hydrogen-bond donors (Lipinski definition) is 3. The lowest BCUT2D eigenvalue weighted by Gasteiger charge is -2.25. The van der Waals surface area contributed by atoms with E-state index in [1.165, 1.54) is 0 Å². The van der Waals surface area contributed by atoms with Gasteiger partial charge in [0, 0.05) is 26.1 Å². The fourth-order valence-electron chi connectivity index (χ4n) is 2.69. The van der Waals surface area contributed by atoms with E-state index in [1.807, 2.05) is 0 Å². The van der Waals surface area contributed by atoms with Crippen LogP contribution >= 0.6 is 0 Å². The normalized spacial score (nSPS) is 26.7. The second kappa shape index (κ2) is 5.71. The molecule has 0 spiro atoms. The van der Waals surface area contributed by atoms with E-state index in [2.05, 4.69) is 20.6 Å². The summed E-state index contributed by atoms with van der Waals surface area (Å²) < 4.78 is 5.41. The maximum Gasteiger partial charge on any atom is 0.237 e. The highest BCUT2D eigenvalue weighted by molar-refractivity contribution is 5.82. The van der Waals surface area contributed by atoms with Crippen molar-refractivity contribution in [1.82, 2.24) is 20.6 Å². The Morgan fingerprint density at radius 3 is 3.37 bits per heavy atom. The third-order valence-corrected chi connectivity index (χ3v) is 3.87. The maximum absolute atomic E-state index is 12.1. The number of fused-ring (bicyclic) bond motifs is 1. The van der Waals surface area contributed by atoms with Crippen LogP contribution in [0.2, 0.25) is 0 Å². The van der Waals surface area contributed by atoms with Gasteiger partial charge in [-0.25, -0.2) is 4.98 Å². The molecule has 2 unspecified atom stereocenters. The summed E-state index contributed by atoms with van der Waals surface area (Å²) in [4.78, 5) is 19.4. The van der Waals surface area contributed by atoms with E-state index in [4.69, 9.17) is 4.74 Å². The van der Waals surface area contributed by atoms with Gasteiger partial charge >= 0.3 is 0 Å². The number of aromatic nitrogens is 2. The highest BCUT2D eigenvalue weighted by Crippen LogP contribution is 2.14. The molecular formula is C13H20N4O2. The fourth-order valence-corrected chi connectivity index (χ4v) is 2.69. The van der Waals surface area contributed by atoms with Crippen molar-refractivity contribution >= 4 is 5.91 Å². The smallest absolute Gasteiger partial charge is 0.237 e. The predicted octanol–water partition coefficient (Wildman–Crippen LogP) is -0.0332. The number of hydrogen-bond acceptors (Lipinski definition) is 4. The van der Waals surface area contributed by atoms with Crippen LogP contribution in [-0.2, 0) is 22.5 Å². The van der Waals surface area contributed by atoms with Crippen molar-refractivity contribution in [2.45, 2.75) is 31.8 Å². The van der Waals surface area contributed by atoms with Crippen LogP contribution in [0.5, 0.6) is 0 Å². The number of ether oxygens (including phenoxy) is 1. The predicted molar refractivity (Wildman–Crippen MR) is 69.5 cm³/mol. The van der Waals surface area contributed by atoms with Crippen LogP contribution in [0.25, 0.3) is 0 Å². The first-order valence-electron chi connectivity index (χ1n) is 6.93. The number of amides is 1. The minimum atomic E-state index is -0.166. The largest absolute Gasteiger partial charge is 0.381 e. The van der Waals surface area contributed by atoms with E-state index in [0.29, 0.717) is 25.4 Å². The molecule has 1 amide bonds. The molecular weight excluding hydrogens is 244 g/mol. The molecule has 3 heterocycles. The van der Waals surface area contributed by atoms with Crippen LogP contribution < -0.4 is 10.6 Å². The van der Waals surface area contributed by atoms with Crippen molar-refractivity contribution in [3.8, 4) is 0 Å². The summed E-state index contributed by atoms with van der Waals surface area (Å²) in [5.41, 5.74) is 2.09. The van der Waals surface area contributed by atoms with E-state index >= 15 is 0 Å². The van der Waals surface area contributed by atoms with Gasteiger partial charge in [-0.2, -0.15) is 0 Å². The molecule has 6 nitrogen and oxygen atoms in total. The zero-order valence-electron chi connectivity index (χ0n) is 10.9. The molecule has 0 saturated carbocycles. The number of imidazole rings is 1. The van der Waals surface area contributed by atoms with Crippen molar-refractivity contribution < 1.29 is 9.53 Å². The summed E-state index contributed by atoms with van der Waals surface area (Å²) in [6.07, 6.45) is 4.58. The van der Waals surface area contributed by atoms with Crippen LogP contribution in [-0.4, -0.2) is 41.7 Å². The van der Waals surface area contributed by atoms with E-state index in [9.17, 15) is 4.79 Å². The van der Waals surface area contributed by atoms with Crippen molar-refractivity contribution in [2.75, 3.05) is 19.8 Å². The van der Waals surface area contributed by atoms with Gasteiger partial charge in [0.05, 0.1) is 30.4 Å². The summed E-state index contributed by atoms with van der Waals surface area (Å²) in [6.45, 7) is 3.02. The molecule has 1 fully saturated rings. The number of carbonyl (C=O) groups excluding carboxylic acids is 1. The van der Waals surface area contributed by atoms with Crippen LogP contribution in [0.1, 0.15) is 24.2 Å². The van der Waals surface area contributed by atoms with Crippen LogP contribution in [0.4, 0.5) is 0 Å². The molecule has 3 N–H and O–H groups in total. The first kappa shape index (κ1) is 12.6. The summed E-state index contributed by atoms with van der Waals surface area (Å²) in [7, 11) is 0. The zero-order chi connectivity index (χ0) is 13.1. The highest BCUT2D eigenvalue weighted by Gasteiger charge is 2.26. The second-order valence-corrected chi connectivity index (χ2v) is 5.29. The Kier molecular flexibility index (Phi) is 3.79. The molecule has 0 aliphatic carbocycles. The van der Waals surface area contributed by atoms with Gasteiger partial charge in [0.25, 0.3) is 0 Å². The molecule has 2 atom stereocenters. The molecule has 1 saturated heterocycles. The molecule has 19 heavy (non-hydrogen) atoms. The quantitative estimate of drug-likeness (QED) is 0.716. The van der Waals surface area contributed by atoms with Gasteiger partial charge in [0.15, 0.2) is 0 Å². The Hall–Kier alpha value is -1.40. The summed E-state index contributed by atoms with van der Waals surface area (Å²) in [5, 5.41) is 6.26. The molecule has 1 aromatic rings. The minimum Gasteiger partial charge on any atom is -0.381 e. The van der Waals surface area contributed by atoms with Gasteiger partial charge in [-0.15, -0.1) is 0 Å². The van der Waals surface area contributed by atoms with Crippen molar-refractivity contribution in [3.63, 3.8) is 0 Å². The van der Waals surface area contributed by atoms with Gasteiger partial charge < -0.3 is 15.0 Å². The first-order chi connectivity index (χ1) is 9.33. The van der Waals surface area contributed by atoms with Gasteiger partial charge in [0.2, 0.25) is 5.91 Å². The minimum absolute atomic E-state index is 0.0687. The summed E-state index contributed by atoms with van der Waals surface area (Å²) in [6, 6.07) is -0.166. The molecule has 3 rings (SSSR count). The molecule has 0 bridgehead atoms. The van der Waals surface area contributed by atoms with Crippen LogP contribution in [0.15, 0.2) is 6.33 Å². The van der Waals surface area contributed by atoms with E-state index in [0.717, 1.165) is 37.4 Å². The van der Waals surface area contributed by atoms with Crippen molar-refractivity contribution in [2.24, 2.45) is 5.92 Å². The van der Waals surface area contributed by atoms with Gasteiger partial charge in [0.1, 0.15) is 0 Å². The lowest BCUT2D eigenvalue weighted by molar-refractivity contribution is -0.123. The summed E-state index contributed by atoms with van der Waals surface area (Å²) >= 11 is 0. The highest BCUT2D eigenvalue weighted by atomic mass is 16.5. The molecule has 0 aromatic carbocycles. The van der Waals surface area contributed by atoms with Crippen LogP contribution in [0.3, 0.4) is 0 Å². The number of rotatable bonds is 3. The van der Waals surface area contributed by atoms with E-state index in [1.54, 1.807) is 6.33 Å². The topological polar surface area (TPSA) is 79.0 Å². The molecule has 2 aliphatic heterocycles. The van der Waals surface area contributed by atoms with Crippen LogP contribution in [0, 0.1) is 5.92 Å². The third-order valence-electron chi connectivity index (χ3n) is 3.87. The Morgan fingerprint density at radius 2 is 2.53 bits per heavy atom. The average molecular weight is 264 g/mol. The summed E-state index contributed by atoms with van der Waals surface area (Å²) in [5.74, 6) is 0.529. The average Bonchev–Trinajstić information content (AvgIpc) is 2.93. The Labute approximate surface area is 112 Å². The molecule has 6 heteroatoms. The zero-order valence-corrected chi connectivity index (χ0v) is 10.9. The third kappa shape index (κ3) is 2.96. The van der Waals surface area contributed by atoms with Crippen molar-refractivity contribution in [1.29, 1.82) is 0 Å². The fraction of sp³-hybridized carbons (Fsp3) is 0.692.